The van der Waals surface area contributed by atoms with Gasteiger partial charge >= 0.3 is 0 Å². The largest absolute Gasteiger partial charge is 0.455 e. The molecule has 0 radical (unpaired) electrons. The van der Waals surface area contributed by atoms with Crippen LogP contribution in [0.3, 0.4) is 0 Å². The lowest BCUT2D eigenvalue weighted by molar-refractivity contribution is 0.672. The van der Waals surface area contributed by atoms with Crippen molar-refractivity contribution in [1.82, 2.24) is 0 Å². The standard InChI is InChI=1S/C48H31NO/c1-2-12-37-31-38(20-19-32(37)9-1)33-21-26-39(27-22-33)49(40-28-23-36(24-29-40)42-16-7-13-34-10-3-5-14-41(34)42)45-17-8-18-46-47(45)44-30-25-35-11-4-6-15-43(35)48(44)50-46/h1-31H/i1D,2D,9D,12D,19D,20D,21D,22D,23D,24D,26D,27D,28D,29D,31D. The van der Waals surface area contributed by atoms with Gasteiger partial charge in [0.15, 0.2) is 0 Å². The zero-order valence-electron chi connectivity index (χ0n) is 41.1. The molecule has 0 bridgehead atoms. The second-order valence-electron chi connectivity index (χ2n) is 11.7. The summed E-state index contributed by atoms with van der Waals surface area (Å²) in [6.07, 6.45) is 0. The van der Waals surface area contributed by atoms with Gasteiger partial charge < -0.3 is 9.32 Å². The maximum Gasteiger partial charge on any atom is 0.143 e. The van der Waals surface area contributed by atoms with Crippen molar-refractivity contribution in [2.24, 2.45) is 0 Å². The fraction of sp³-hybridized carbons (Fsp3) is 0. The highest BCUT2D eigenvalue weighted by atomic mass is 16.3. The first kappa shape index (κ1) is 17.1. The summed E-state index contributed by atoms with van der Waals surface area (Å²) in [5.74, 6) is 0. The summed E-state index contributed by atoms with van der Waals surface area (Å²) in [7, 11) is 0. The molecule has 2 nitrogen and oxygen atoms in total. The lowest BCUT2D eigenvalue weighted by Gasteiger charge is -2.26. The molecular weight excluding hydrogens is 607 g/mol. The molecule has 0 aliphatic heterocycles. The lowest BCUT2D eigenvalue weighted by Crippen LogP contribution is -2.10. The highest BCUT2D eigenvalue weighted by Gasteiger charge is 2.20. The third-order valence-corrected chi connectivity index (χ3v) is 8.84. The van der Waals surface area contributed by atoms with Crippen LogP contribution in [0.2, 0.25) is 0 Å². The fourth-order valence-electron chi connectivity index (χ4n) is 6.52. The van der Waals surface area contributed by atoms with Crippen molar-refractivity contribution in [2.75, 3.05) is 4.90 Å². The number of hydrogen-bond donors (Lipinski definition) is 0. The van der Waals surface area contributed by atoms with Crippen molar-refractivity contribution in [3.05, 3.63) is 188 Å². The third kappa shape index (κ3) is 4.65. The Bertz CT molecular complexity index is 3690. The molecule has 0 N–H and O–H groups in total. The van der Waals surface area contributed by atoms with E-state index in [4.69, 9.17) is 14.0 Å². The van der Waals surface area contributed by atoms with Crippen molar-refractivity contribution in [1.29, 1.82) is 0 Å². The Morgan fingerprint density at radius 3 is 1.88 bits per heavy atom. The minimum absolute atomic E-state index is 0.000249. The first-order valence-electron chi connectivity index (χ1n) is 23.4. The molecule has 0 atom stereocenters. The topological polar surface area (TPSA) is 16.4 Å². The molecule has 50 heavy (non-hydrogen) atoms. The molecule has 1 aromatic heterocycles. The van der Waals surface area contributed by atoms with Gasteiger partial charge in [-0.1, -0.05) is 139 Å². The molecule has 10 aromatic rings. The summed E-state index contributed by atoms with van der Waals surface area (Å²) >= 11 is 0. The molecule has 234 valence electrons. The number of benzene rings is 9. The van der Waals surface area contributed by atoms with Gasteiger partial charge in [0, 0.05) is 22.1 Å². The maximum atomic E-state index is 9.65. The van der Waals surface area contributed by atoms with E-state index in [2.05, 4.69) is 0 Å². The van der Waals surface area contributed by atoms with Gasteiger partial charge in [0.2, 0.25) is 0 Å². The van der Waals surface area contributed by atoms with Crippen molar-refractivity contribution in [3.8, 4) is 22.3 Å². The molecule has 0 spiro atoms. The SMILES string of the molecule is [2H]c1c([2H])c(N(c2c([2H])c([2H])c(-c3cccc4ccccc34)c([2H])c2[2H])c2cccc3oc4c5ccccc5ccc4c23)c([2H])c([2H])c1-c1c([2H])c([2H])c2c([2H])c([2H])c([2H])c([2H])c2c1[2H]. The maximum absolute atomic E-state index is 9.65. The van der Waals surface area contributed by atoms with Crippen molar-refractivity contribution in [2.45, 2.75) is 0 Å². The van der Waals surface area contributed by atoms with E-state index in [-0.39, 0.29) is 11.3 Å². The molecule has 0 saturated heterocycles. The highest BCUT2D eigenvalue weighted by molar-refractivity contribution is 6.19. The highest BCUT2D eigenvalue weighted by Crippen LogP contribution is 2.45. The van der Waals surface area contributed by atoms with Crippen LogP contribution in [0.25, 0.3) is 76.5 Å². The summed E-state index contributed by atoms with van der Waals surface area (Å²) in [6.45, 7) is 0. The van der Waals surface area contributed by atoms with Gasteiger partial charge in [0.25, 0.3) is 0 Å². The van der Waals surface area contributed by atoms with Gasteiger partial charge in [-0.15, -0.1) is 0 Å². The Hall–Kier alpha value is -6.64. The van der Waals surface area contributed by atoms with E-state index in [9.17, 15) is 11.0 Å². The Kier molecular flexibility index (Phi) is 3.95. The molecule has 1 heterocycles. The third-order valence-electron chi connectivity index (χ3n) is 8.84. The van der Waals surface area contributed by atoms with Gasteiger partial charge in [-0.3, -0.25) is 0 Å². The smallest absolute Gasteiger partial charge is 0.143 e. The van der Waals surface area contributed by atoms with E-state index in [1.807, 2.05) is 60.7 Å². The number of rotatable bonds is 5. The normalized spacial score (nSPS) is 15.8. The first-order chi connectivity index (χ1) is 31.1. The van der Waals surface area contributed by atoms with Crippen LogP contribution in [0.1, 0.15) is 20.6 Å². The molecule has 0 aliphatic carbocycles. The number of fused-ring (bicyclic) bond motifs is 7. The van der Waals surface area contributed by atoms with Crippen molar-refractivity contribution >= 4 is 71.3 Å². The van der Waals surface area contributed by atoms with E-state index in [1.54, 1.807) is 36.4 Å². The summed E-state index contributed by atoms with van der Waals surface area (Å²) in [5, 5.41) is 3.25. The zero-order chi connectivity index (χ0) is 46.1. The Labute approximate surface area is 311 Å². The summed E-state index contributed by atoms with van der Waals surface area (Å²) in [5.41, 5.74) is -0.691. The van der Waals surface area contributed by atoms with Crippen LogP contribution >= 0.6 is 0 Å². The summed E-state index contributed by atoms with van der Waals surface area (Å²) < 4.78 is 143. The second kappa shape index (κ2) is 11.5. The van der Waals surface area contributed by atoms with Crippen molar-refractivity contribution in [3.63, 3.8) is 0 Å². The molecular formula is C48H31NO. The summed E-state index contributed by atoms with van der Waals surface area (Å²) in [4.78, 5) is 1.17. The molecule has 0 amide bonds. The van der Waals surface area contributed by atoms with Gasteiger partial charge in [-0.25, -0.2) is 0 Å². The van der Waals surface area contributed by atoms with Crippen LogP contribution in [0.15, 0.2) is 192 Å². The predicted molar refractivity (Wildman–Crippen MR) is 212 cm³/mol. The molecule has 0 saturated carbocycles. The zero-order valence-corrected chi connectivity index (χ0v) is 26.1. The molecule has 9 aromatic carbocycles. The Morgan fingerprint density at radius 1 is 0.440 bits per heavy atom. The van der Waals surface area contributed by atoms with E-state index < -0.39 is 124 Å². The van der Waals surface area contributed by atoms with Crippen molar-refractivity contribution < 1.29 is 25.0 Å². The molecule has 0 fully saturated rings. The molecule has 0 unspecified atom stereocenters. The van der Waals surface area contributed by atoms with E-state index in [0.29, 0.717) is 32.9 Å². The van der Waals surface area contributed by atoms with Crippen LogP contribution in [0, 0.1) is 0 Å². The first-order valence-corrected chi connectivity index (χ1v) is 15.9. The van der Waals surface area contributed by atoms with Crippen LogP contribution in [-0.4, -0.2) is 0 Å². The van der Waals surface area contributed by atoms with Gasteiger partial charge in [0.05, 0.1) is 31.6 Å². The fourth-order valence-corrected chi connectivity index (χ4v) is 6.52. The molecule has 0 aliphatic rings. The monoisotopic (exact) mass is 652 g/mol. The van der Waals surface area contributed by atoms with Crippen LogP contribution in [0.5, 0.6) is 0 Å². The van der Waals surface area contributed by atoms with Gasteiger partial charge in [0.1, 0.15) is 11.2 Å². The molecule has 2 heteroatoms. The number of hydrogen-bond acceptors (Lipinski definition) is 2. The Balaban J connectivity index is 1.32. The van der Waals surface area contributed by atoms with E-state index in [0.717, 1.165) is 16.2 Å². The molecule has 10 rings (SSSR count). The average Bonchev–Trinajstić information content (AvgIpc) is 3.70. The van der Waals surface area contributed by atoms with Gasteiger partial charge in [-0.2, -0.15) is 0 Å². The minimum Gasteiger partial charge on any atom is -0.455 e. The lowest BCUT2D eigenvalue weighted by atomic mass is 9.98. The number of nitrogens with zero attached hydrogens (tertiary/aromatic N) is 1. The average molecular weight is 653 g/mol. The van der Waals surface area contributed by atoms with Crippen LogP contribution < -0.4 is 4.90 Å². The van der Waals surface area contributed by atoms with E-state index >= 15 is 0 Å². The second-order valence-corrected chi connectivity index (χ2v) is 11.7. The number of furan rings is 1. The quantitative estimate of drug-likeness (QED) is 0.184. The minimum atomic E-state index is -0.801. The van der Waals surface area contributed by atoms with E-state index in [1.165, 1.54) is 4.90 Å². The van der Waals surface area contributed by atoms with Crippen LogP contribution in [0.4, 0.5) is 17.1 Å². The Morgan fingerprint density at radius 2 is 1.08 bits per heavy atom. The van der Waals surface area contributed by atoms with Gasteiger partial charge in [-0.05, 0) is 97.6 Å². The number of anilines is 3. The summed E-state index contributed by atoms with van der Waals surface area (Å²) in [6, 6.07) is 18.8. The predicted octanol–water partition coefficient (Wildman–Crippen LogP) is 13.8. The van der Waals surface area contributed by atoms with Crippen LogP contribution in [-0.2, 0) is 0 Å².